The third-order valence-corrected chi connectivity index (χ3v) is 8.81. The Morgan fingerprint density at radius 2 is 1.21 bits per heavy atom. The molecule has 0 fully saturated rings. The monoisotopic (exact) mass is 540 g/mol. The summed E-state index contributed by atoms with van der Waals surface area (Å²) >= 11 is 0. The molecular formula is C40H32N2. The van der Waals surface area contributed by atoms with Gasteiger partial charge in [-0.1, -0.05) is 122 Å². The predicted molar refractivity (Wildman–Crippen MR) is 179 cm³/mol. The number of fused-ring (bicyclic) bond motifs is 3. The summed E-state index contributed by atoms with van der Waals surface area (Å²) in [6, 6.07) is 44.3. The lowest BCUT2D eigenvalue weighted by molar-refractivity contribution is 0.614. The van der Waals surface area contributed by atoms with Crippen LogP contribution in [0.15, 0.2) is 140 Å². The molecule has 1 heterocycles. The van der Waals surface area contributed by atoms with Crippen molar-refractivity contribution in [2.24, 2.45) is 5.92 Å². The van der Waals surface area contributed by atoms with Crippen LogP contribution in [0.4, 0.5) is 0 Å². The SMILES string of the molecule is CC1CC=CC=C(c2ccccc2-c2c3ccccc3c(-c3ccc(-n4[nH]c5ccccc54)cc3)c3ccccc23)C1. The zero-order chi connectivity index (χ0) is 28.0. The van der Waals surface area contributed by atoms with Crippen molar-refractivity contribution in [2.75, 3.05) is 0 Å². The molecule has 1 atom stereocenters. The van der Waals surface area contributed by atoms with Gasteiger partial charge in [0.05, 0.1) is 16.7 Å². The molecule has 2 nitrogen and oxygen atoms in total. The predicted octanol–water partition coefficient (Wildman–Crippen LogP) is 11.0. The van der Waals surface area contributed by atoms with Crippen molar-refractivity contribution in [3.05, 3.63) is 145 Å². The first-order valence-corrected chi connectivity index (χ1v) is 14.9. The van der Waals surface area contributed by atoms with Gasteiger partial charge in [-0.3, -0.25) is 9.78 Å². The van der Waals surface area contributed by atoms with Crippen molar-refractivity contribution in [1.29, 1.82) is 0 Å². The number of rotatable bonds is 4. The number of hydrogen-bond donors (Lipinski definition) is 1. The van der Waals surface area contributed by atoms with Gasteiger partial charge in [0.25, 0.3) is 0 Å². The molecule has 0 spiro atoms. The lowest BCUT2D eigenvalue weighted by Crippen LogP contribution is -2.07. The molecule has 7 aromatic rings. The molecule has 0 saturated carbocycles. The first kappa shape index (κ1) is 24.7. The second-order valence-electron chi connectivity index (χ2n) is 11.6. The van der Waals surface area contributed by atoms with Crippen LogP contribution in [0.2, 0.25) is 0 Å². The maximum Gasteiger partial charge on any atom is 0.0880 e. The Labute approximate surface area is 246 Å². The van der Waals surface area contributed by atoms with Crippen molar-refractivity contribution < 1.29 is 0 Å². The third kappa shape index (κ3) is 4.02. The number of para-hydroxylation sites is 2. The molecule has 1 unspecified atom stereocenters. The van der Waals surface area contributed by atoms with E-state index in [1.807, 2.05) is 0 Å². The van der Waals surface area contributed by atoms with Gasteiger partial charge in [0.15, 0.2) is 0 Å². The summed E-state index contributed by atoms with van der Waals surface area (Å²) in [4.78, 5) is 0. The maximum absolute atomic E-state index is 3.45. The summed E-state index contributed by atoms with van der Waals surface area (Å²) < 4.78 is 2.15. The van der Waals surface area contributed by atoms with Crippen LogP contribution in [0.3, 0.4) is 0 Å². The molecule has 202 valence electrons. The Kier molecular flexibility index (Phi) is 5.93. The Bertz CT molecular complexity index is 2090. The first-order valence-electron chi connectivity index (χ1n) is 14.9. The number of aromatic amines is 1. The van der Waals surface area contributed by atoms with Crippen molar-refractivity contribution in [3.8, 4) is 27.9 Å². The molecule has 2 heteroatoms. The van der Waals surface area contributed by atoms with Crippen LogP contribution in [-0.4, -0.2) is 9.78 Å². The third-order valence-electron chi connectivity index (χ3n) is 8.81. The van der Waals surface area contributed by atoms with E-state index in [-0.39, 0.29) is 0 Å². The van der Waals surface area contributed by atoms with Crippen molar-refractivity contribution in [1.82, 2.24) is 9.78 Å². The highest BCUT2D eigenvalue weighted by Gasteiger charge is 2.20. The Balaban J connectivity index is 1.34. The summed E-state index contributed by atoms with van der Waals surface area (Å²) in [5, 5.41) is 8.59. The Morgan fingerprint density at radius 3 is 1.90 bits per heavy atom. The van der Waals surface area contributed by atoms with Gasteiger partial charge in [0, 0.05) is 0 Å². The van der Waals surface area contributed by atoms with Crippen molar-refractivity contribution in [2.45, 2.75) is 19.8 Å². The second kappa shape index (κ2) is 10.1. The maximum atomic E-state index is 3.45. The molecule has 0 radical (unpaired) electrons. The highest BCUT2D eigenvalue weighted by Crippen LogP contribution is 2.46. The van der Waals surface area contributed by atoms with E-state index in [0.29, 0.717) is 5.92 Å². The van der Waals surface area contributed by atoms with E-state index in [1.165, 1.54) is 66.0 Å². The van der Waals surface area contributed by atoms with E-state index in [2.05, 4.69) is 156 Å². The normalized spacial score (nSPS) is 15.4. The quantitative estimate of drug-likeness (QED) is 0.214. The van der Waals surface area contributed by atoms with Crippen LogP contribution in [0, 0.1) is 5.92 Å². The first-order chi connectivity index (χ1) is 20.8. The van der Waals surface area contributed by atoms with Crippen LogP contribution < -0.4 is 0 Å². The summed E-state index contributed by atoms with van der Waals surface area (Å²) in [7, 11) is 0. The van der Waals surface area contributed by atoms with Crippen molar-refractivity contribution in [3.63, 3.8) is 0 Å². The number of aromatic nitrogens is 2. The number of benzene rings is 6. The number of nitrogens with zero attached hydrogens (tertiary/aromatic N) is 1. The fraction of sp³-hybridized carbons (Fsp3) is 0.100. The summed E-state index contributed by atoms with van der Waals surface area (Å²) in [5.41, 5.74) is 11.4. The summed E-state index contributed by atoms with van der Waals surface area (Å²) in [6.07, 6.45) is 9.09. The van der Waals surface area contributed by atoms with E-state index in [1.54, 1.807) is 0 Å². The molecule has 8 rings (SSSR count). The van der Waals surface area contributed by atoms with Crippen LogP contribution in [0.1, 0.15) is 25.3 Å². The minimum absolute atomic E-state index is 0.627. The average Bonchev–Trinajstić information content (AvgIpc) is 3.25. The molecule has 0 saturated heterocycles. The van der Waals surface area contributed by atoms with E-state index in [0.717, 1.165) is 18.5 Å². The highest BCUT2D eigenvalue weighted by molar-refractivity contribution is 6.22. The van der Waals surface area contributed by atoms with Gasteiger partial charge >= 0.3 is 0 Å². The van der Waals surface area contributed by atoms with E-state index in [4.69, 9.17) is 0 Å². The van der Waals surface area contributed by atoms with Gasteiger partial charge in [-0.2, -0.15) is 0 Å². The minimum Gasteiger partial charge on any atom is -0.292 e. The zero-order valence-electron chi connectivity index (χ0n) is 23.7. The van der Waals surface area contributed by atoms with Gasteiger partial charge < -0.3 is 0 Å². The van der Waals surface area contributed by atoms with Gasteiger partial charge in [0.1, 0.15) is 0 Å². The lowest BCUT2D eigenvalue weighted by atomic mass is 9.83. The Hall–Kier alpha value is -5.08. The average molecular weight is 541 g/mol. The Morgan fingerprint density at radius 1 is 0.619 bits per heavy atom. The highest BCUT2D eigenvalue weighted by atomic mass is 15.3. The van der Waals surface area contributed by atoms with Crippen molar-refractivity contribution >= 4 is 38.2 Å². The fourth-order valence-corrected chi connectivity index (χ4v) is 6.80. The molecule has 1 aliphatic carbocycles. The van der Waals surface area contributed by atoms with E-state index in [9.17, 15) is 0 Å². The fourth-order valence-electron chi connectivity index (χ4n) is 6.80. The molecule has 6 aromatic carbocycles. The molecule has 42 heavy (non-hydrogen) atoms. The summed E-state index contributed by atoms with van der Waals surface area (Å²) in [5.74, 6) is 0.627. The molecule has 0 amide bonds. The summed E-state index contributed by atoms with van der Waals surface area (Å²) in [6.45, 7) is 2.35. The largest absolute Gasteiger partial charge is 0.292 e. The second-order valence-corrected chi connectivity index (χ2v) is 11.6. The molecule has 0 aliphatic heterocycles. The molecule has 0 bridgehead atoms. The molecule has 1 N–H and O–H groups in total. The van der Waals surface area contributed by atoms with Gasteiger partial charge in [-0.05, 0) is 98.0 Å². The standard InChI is InChI=1S/C40H32N2/c1-27-12-2-3-13-29(26-27)31-14-4-5-15-32(31)40-35-18-8-6-16-33(35)39(34-17-7-9-19-36(34)40)28-22-24-30(25-23-28)42-38-21-11-10-20-37(38)41-42/h2-11,13-25,27,41H,12,26H2,1H3. The van der Waals surface area contributed by atoms with Crippen LogP contribution in [-0.2, 0) is 0 Å². The topological polar surface area (TPSA) is 20.7 Å². The molecule has 1 aliphatic rings. The van der Waals surface area contributed by atoms with E-state index >= 15 is 0 Å². The molecular weight excluding hydrogens is 508 g/mol. The number of H-pyrrole nitrogens is 1. The van der Waals surface area contributed by atoms with E-state index < -0.39 is 0 Å². The van der Waals surface area contributed by atoms with Gasteiger partial charge in [-0.25, -0.2) is 0 Å². The van der Waals surface area contributed by atoms with Gasteiger partial charge in [0.2, 0.25) is 0 Å². The van der Waals surface area contributed by atoms with Crippen LogP contribution in [0.25, 0.3) is 66.1 Å². The number of hydrogen-bond acceptors (Lipinski definition) is 0. The van der Waals surface area contributed by atoms with Gasteiger partial charge in [-0.15, -0.1) is 0 Å². The number of nitrogens with one attached hydrogen (secondary N) is 1. The van der Waals surface area contributed by atoms with Crippen LogP contribution >= 0.6 is 0 Å². The van der Waals surface area contributed by atoms with Crippen LogP contribution in [0.5, 0.6) is 0 Å². The zero-order valence-corrected chi connectivity index (χ0v) is 23.7. The smallest absolute Gasteiger partial charge is 0.0880 e. The number of allylic oxidation sites excluding steroid dienone is 4. The lowest BCUT2D eigenvalue weighted by Gasteiger charge is -2.21. The molecule has 1 aromatic heterocycles. The minimum atomic E-state index is 0.627.